The average molecular weight is 245 g/mol. The van der Waals surface area contributed by atoms with Crippen LogP contribution < -0.4 is 0 Å². The Morgan fingerprint density at radius 2 is 2.00 bits per heavy atom. The Morgan fingerprint density at radius 3 is 2.59 bits per heavy atom. The van der Waals surface area contributed by atoms with Crippen molar-refractivity contribution in [1.82, 2.24) is 4.98 Å². The van der Waals surface area contributed by atoms with Crippen LogP contribution >= 0.6 is 11.8 Å². The molecule has 17 heavy (non-hydrogen) atoms. The second-order valence-electron chi connectivity index (χ2n) is 3.19. The number of hydrogen-bond acceptors (Lipinski definition) is 4. The first-order valence-electron chi connectivity index (χ1n) is 4.70. The van der Waals surface area contributed by atoms with Crippen molar-refractivity contribution in [2.75, 3.05) is 0 Å². The van der Waals surface area contributed by atoms with Crippen LogP contribution in [0.2, 0.25) is 0 Å². The van der Waals surface area contributed by atoms with Crippen molar-refractivity contribution in [2.24, 2.45) is 0 Å². The maximum absolute atomic E-state index is 10.5. The molecule has 2 aromatic rings. The SMILES string of the molecule is N#Cc1cc[nH]c1Sc1ccc([N+](=O)[O-])cc1. The highest BCUT2D eigenvalue weighted by Gasteiger charge is 2.07. The minimum Gasteiger partial charge on any atom is -0.355 e. The van der Waals surface area contributed by atoms with Crippen molar-refractivity contribution >= 4 is 17.4 Å². The van der Waals surface area contributed by atoms with Gasteiger partial charge in [0, 0.05) is 23.2 Å². The molecule has 84 valence electrons. The molecule has 1 aromatic heterocycles. The topological polar surface area (TPSA) is 82.7 Å². The molecule has 0 unspecified atom stereocenters. The Bertz CT molecular complexity index is 584. The van der Waals surface area contributed by atoms with Crippen LogP contribution in [-0.4, -0.2) is 9.91 Å². The van der Waals surface area contributed by atoms with Crippen LogP contribution in [0.4, 0.5) is 5.69 Å². The van der Waals surface area contributed by atoms with Gasteiger partial charge < -0.3 is 4.98 Å². The molecule has 6 heteroatoms. The van der Waals surface area contributed by atoms with Gasteiger partial charge in [-0.25, -0.2) is 0 Å². The van der Waals surface area contributed by atoms with E-state index in [1.807, 2.05) is 0 Å². The van der Waals surface area contributed by atoms with E-state index < -0.39 is 4.92 Å². The second kappa shape index (κ2) is 4.72. The fourth-order valence-electron chi connectivity index (χ4n) is 1.28. The van der Waals surface area contributed by atoms with Crippen molar-refractivity contribution in [3.8, 4) is 6.07 Å². The fraction of sp³-hybridized carbons (Fsp3) is 0. The predicted molar refractivity (Wildman–Crippen MR) is 62.7 cm³/mol. The zero-order valence-electron chi connectivity index (χ0n) is 8.58. The molecule has 0 atom stereocenters. The van der Waals surface area contributed by atoms with E-state index in [0.717, 1.165) is 9.92 Å². The Balaban J connectivity index is 2.20. The van der Waals surface area contributed by atoms with E-state index in [2.05, 4.69) is 11.1 Å². The summed E-state index contributed by atoms with van der Waals surface area (Å²) in [5.74, 6) is 0. The minimum atomic E-state index is -0.441. The summed E-state index contributed by atoms with van der Waals surface area (Å²) in [6, 6.07) is 9.95. The van der Waals surface area contributed by atoms with Gasteiger partial charge in [0.25, 0.3) is 5.69 Å². The van der Waals surface area contributed by atoms with Crippen molar-refractivity contribution < 1.29 is 4.92 Å². The third-order valence-electron chi connectivity index (χ3n) is 2.10. The number of benzene rings is 1. The number of aromatic amines is 1. The van der Waals surface area contributed by atoms with E-state index in [1.165, 1.54) is 23.9 Å². The molecule has 2 rings (SSSR count). The van der Waals surface area contributed by atoms with Gasteiger partial charge in [0.2, 0.25) is 0 Å². The van der Waals surface area contributed by atoms with Crippen LogP contribution in [0.25, 0.3) is 0 Å². The Labute approximate surface area is 101 Å². The van der Waals surface area contributed by atoms with Crippen molar-refractivity contribution in [1.29, 1.82) is 5.26 Å². The number of nitrogens with one attached hydrogen (secondary N) is 1. The van der Waals surface area contributed by atoms with Gasteiger partial charge >= 0.3 is 0 Å². The molecule has 1 aromatic carbocycles. The number of nitriles is 1. The molecule has 0 aliphatic carbocycles. The zero-order valence-corrected chi connectivity index (χ0v) is 9.40. The maximum atomic E-state index is 10.5. The highest BCUT2D eigenvalue weighted by atomic mass is 32.2. The number of aromatic nitrogens is 1. The van der Waals surface area contributed by atoms with E-state index in [-0.39, 0.29) is 5.69 Å². The lowest BCUT2D eigenvalue weighted by Gasteiger charge is -1.99. The number of hydrogen-bond donors (Lipinski definition) is 1. The van der Waals surface area contributed by atoms with Crippen molar-refractivity contribution in [3.63, 3.8) is 0 Å². The maximum Gasteiger partial charge on any atom is 0.269 e. The zero-order chi connectivity index (χ0) is 12.3. The summed E-state index contributed by atoms with van der Waals surface area (Å²) >= 11 is 1.37. The van der Waals surface area contributed by atoms with Gasteiger partial charge in [-0.1, -0.05) is 11.8 Å². The van der Waals surface area contributed by atoms with Gasteiger partial charge in [-0.3, -0.25) is 10.1 Å². The summed E-state index contributed by atoms with van der Waals surface area (Å²) < 4.78 is 0. The Morgan fingerprint density at radius 1 is 1.29 bits per heavy atom. The summed E-state index contributed by atoms with van der Waals surface area (Å²) in [7, 11) is 0. The first-order chi connectivity index (χ1) is 8.20. The lowest BCUT2D eigenvalue weighted by Crippen LogP contribution is -1.86. The smallest absolute Gasteiger partial charge is 0.269 e. The third kappa shape index (κ3) is 2.46. The predicted octanol–water partition coefficient (Wildman–Crippen LogP) is 2.95. The molecule has 0 radical (unpaired) electrons. The summed E-state index contributed by atoms with van der Waals surface area (Å²) in [6.07, 6.45) is 1.69. The van der Waals surface area contributed by atoms with Gasteiger partial charge in [0.05, 0.1) is 15.5 Å². The van der Waals surface area contributed by atoms with Gasteiger partial charge in [-0.05, 0) is 18.2 Å². The van der Waals surface area contributed by atoms with Gasteiger partial charge in [-0.15, -0.1) is 0 Å². The normalized spacial score (nSPS) is 9.82. The highest BCUT2D eigenvalue weighted by Crippen LogP contribution is 2.29. The molecule has 0 aliphatic heterocycles. The van der Waals surface area contributed by atoms with E-state index in [9.17, 15) is 10.1 Å². The minimum absolute atomic E-state index is 0.0568. The standard InChI is InChI=1S/C11H7N3O2S/c12-7-8-5-6-13-11(8)17-10-3-1-9(2-4-10)14(15)16/h1-6,13H. The van der Waals surface area contributed by atoms with Crippen LogP contribution in [0, 0.1) is 21.4 Å². The highest BCUT2D eigenvalue weighted by molar-refractivity contribution is 7.99. The summed E-state index contributed by atoms with van der Waals surface area (Å²) in [5.41, 5.74) is 0.620. The van der Waals surface area contributed by atoms with E-state index in [0.29, 0.717) is 5.56 Å². The summed E-state index contributed by atoms with van der Waals surface area (Å²) in [5, 5.41) is 20.0. The summed E-state index contributed by atoms with van der Waals surface area (Å²) in [4.78, 5) is 13.8. The van der Waals surface area contributed by atoms with Crippen molar-refractivity contribution in [2.45, 2.75) is 9.92 Å². The number of nitro benzene ring substituents is 1. The molecular formula is C11H7N3O2S. The lowest BCUT2D eigenvalue weighted by molar-refractivity contribution is -0.384. The molecular weight excluding hydrogens is 238 g/mol. The van der Waals surface area contributed by atoms with E-state index >= 15 is 0 Å². The van der Waals surface area contributed by atoms with Crippen molar-refractivity contribution in [3.05, 3.63) is 52.2 Å². The van der Waals surface area contributed by atoms with Crippen LogP contribution in [0.1, 0.15) is 5.56 Å². The molecule has 0 saturated heterocycles. The lowest BCUT2D eigenvalue weighted by atomic mass is 10.3. The summed E-state index contributed by atoms with van der Waals surface area (Å²) in [6.45, 7) is 0. The van der Waals surface area contributed by atoms with Gasteiger partial charge in [0.1, 0.15) is 6.07 Å². The van der Waals surface area contributed by atoms with Crippen LogP contribution in [0.3, 0.4) is 0 Å². The number of nitrogens with zero attached hydrogens (tertiary/aromatic N) is 2. The van der Waals surface area contributed by atoms with E-state index in [4.69, 9.17) is 5.26 Å². The molecule has 0 bridgehead atoms. The number of H-pyrrole nitrogens is 1. The first kappa shape index (κ1) is 11.2. The molecule has 5 nitrogen and oxygen atoms in total. The fourth-order valence-corrected chi connectivity index (χ4v) is 2.14. The Hall–Kier alpha value is -2.26. The molecule has 0 spiro atoms. The largest absolute Gasteiger partial charge is 0.355 e. The quantitative estimate of drug-likeness (QED) is 0.665. The van der Waals surface area contributed by atoms with Crippen LogP contribution in [0.15, 0.2) is 46.5 Å². The van der Waals surface area contributed by atoms with Crippen LogP contribution in [-0.2, 0) is 0 Å². The number of rotatable bonds is 3. The van der Waals surface area contributed by atoms with Gasteiger partial charge in [-0.2, -0.15) is 5.26 Å². The Kier molecular flexibility index (Phi) is 3.12. The molecule has 0 saturated carbocycles. The van der Waals surface area contributed by atoms with Gasteiger partial charge in [0.15, 0.2) is 0 Å². The second-order valence-corrected chi connectivity index (χ2v) is 4.27. The molecule has 0 fully saturated rings. The van der Waals surface area contributed by atoms with E-state index in [1.54, 1.807) is 24.4 Å². The molecule has 0 aliphatic rings. The van der Waals surface area contributed by atoms with Crippen LogP contribution in [0.5, 0.6) is 0 Å². The molecule has 1 N–H and O–H groups in total. The third-order valence-corrected chi connectivity index (χ3v) is 3.15. The number of nitro groups is 1. The number of non-ortho nitro benzene ring substituents is 1. The molecule has 1 heterocycles. The first-order valence-corrected chi connectivity index (χ1v) is 5.52. The molecule has 0 amide bonds. The average Bonchev–Trinajstić information content (AvgIpc) is 2.77. The monoisotopic (exact) mass is 245 g/mol.